The molecule has 0 aromatic carbocycles. The second kappa shape index (κ2) is 15.9. The van der Waals surface area contributed by atoms with E-state index >= 15 is 0 Å². The Morgan fingerprint density at radius 2 is 1.20 bits per heavy atom. The molecule has 0 bridgehead atoms. The molecular formula is C6H16O4. The maximum absolute atomic E-state index is 7.38. The van der Waals surface area contributed by atoms with Crippen LogP contribution in [0.15, 0.2) is 0 Å². The third kappa shape index (κ3) is 24.9. The molecule has 0 amide bonds. The Morgan fingerprint density at radius 1 is 0.900 bits per heavy atom. The van der Waals surface area contributed by atoms with Crippen LogP contribution in [0.25, 0.3) is 0 Å². The van der Waals surface area contributed by atoms with E-state index in [1.54, 1.807) is 6.92 Å². The average Bonchev–Trinajstić information content (AvgIpc) is 2.01. The summed E-state index contributed by atoms with van der Waals surface area (Å²) in [4.78, 5) is 12.5. The molecular weight excluding hydrogens is 136 g/mol. The molecule has 0 unspecified atom stereocenters. The number of hydrogen-bond donors (Lipinski definition) is 1. The first-order chi connectivity index (χ1) is 4.83. The Balaban J connectivity index is 0. The first kappa shape index (κ1) is 12.5. The van der Waals surface area contributed by atoms with Gasteiger partial charge in [0, 0.05) is 0 Å². The molecule has 4 nitrogen and oxygen atoms in total. The Morgan fingerprint density at radius 3 is 1.30 bits per heavy atom. The molecule has 0 spiro atoms. The number of rotatable bonds is 4. The summed E-state index contributed by atoms with van der Waals surface area (Å²) in [6.07, 6.45) is 0. The van der Waals surface area contributed by atoms with Gasteiger partial charge in [-0.2, -0.15) is 0 Å². The molecule has 0 aromatic rings. The fourth-order valence-corrected chi connectivity index (χ4v) is 0.167. The van der Waals surface area contributed by atoms with Gasteiger partial charge in [0.2, 0.25) is 0 Å². The second-order valence-corrected chi connectivity index (χ2v) is 1.23. The first-order valence-electron chi connectivity index (χ1n) is 3.34. The van der Waals surface area contributed by atoms with Gasteiger partial charge in [0.15, 0.2) is 0 Å². The van der Waals surface area contributed by atoms with Crippen LogP contribution in [-0.2, 0) is 14.7 Å². The molecule has 0 aromatic heterocycles. The van der Waals surface area contributed by atoms with Crippen LogP contribution >= 0.6 is 0 Å². The smallest absolute Gasteiger partial charge is 0.0794 e. The van der Waals surface area contributed by atoms with Gasteiger partial charge in [-0.3, -0.25) is 5.26 Å². The van der Waals surface area contributed by atoms with Gasteiger partial charge in [0.05, 0.1) is 19.8 Å². The Labute approximate surface area is 61.6 Å². The van der Waals surface area contributed by atoms with Gasteiger partial charge >= 0.3 is 0 Å². The van der Waals surface area contributed by atoms with Gasteiger partial charge < -0.3 is 0 Å². The molecule has 0 aliphatic carbocycles. The minimum atomic E-state index is 0.375. The van der Waals surface area contributed by atoms with Crippen LogP contribution in [0, 0.1) is 0 Å². The van der Waals surface area contributed by atoms with Crippen LogP contribution in [-0.4, -0.2) is 25.1 Å². The normalized spacial score (nSPS) is 8.40. The van der Waals surface area contributed by atoms with Gasteiger partial charge in [0.25, 0.3) is 0 Å². The zero-order chi connectivity index (χ0) is 8.24. The van der Waals surface area contributed by atoms with Crippen molar-refractivity contribution in [2.24, 2.45) is 0 Å². The summed E-state index contributed by atoms with van der Waals surface area (Å²) in [5.74, 6) is 0. The summed E-state index contributed by atoms with van der Waals surface area (Å²) in [5.41, 5.74) is 0. The summed E-state index contributed by atoms with van der Waals surface area (Å²) in [5, 5.41) is 7.38. The van der Waals surface area contributed by atoms with Crippen LogP contribution in [0.5, 0.6) is 0 Å². The van der Waals surface area contributed by atoms with Crippen molar-refractivity contribution in [3.8, 4) is 0 Å². The molecule has 0 aliphatic heterocycles. The number of hydrogen-bond acceptors (Lipinski definition) is 4. The lowest BCUT2D eigenvalue weighted by Gasteiger charge is -1.92. The maximum Gasteiger partial charge on any atom is 0.0794 e. The van der Waals surface area contributed by atoms with Crippen LogP contribution in [0.2, 0.25) is 0 Å². The third-order valence-corrected chi connectivity index (χ3v) is 0.448. The zero-order valence-corrected chi connectivity index (χ0v) is 6.79. The molecule has 0 fully saturated rings. The molecule has 0 saturated heterocycles. The lowest BCUT2D eigenvalue weighted by atomic mass is 10.9. The summed E-state index contributed by atoms with van der Waals surface area (Å²) in [6, 6.07) is 0. The monoisotopic (exact) mass is 152 g/mol. The fraction of sp³-hybridized carbons (Fsp3) is 1.00. The van der Waals surface area contributed by atoms with Gasteiger partial charge in [-0.05, 0) is 20.8 Å². The molecule has 0 atom stereocenters. The van der Waals surface area contributed by atoms with Crippen molar-refractivity contribution in [3.05, 3.63) is 0 Å². The van der Waals surface area contributed by atoms with E-state index < -0.39 is 0 Å². The zero-order valence-electron chi connectivity index (χ0n) is 6.79. The molecule has 0 radical (unpaired) electrons. The van der Waals surface area contributed by atoms with Crippen molar-refractivity contribution in [1.82, 2.24) is 0 Å². The van der Waals surface area contributed by atoms with Crippen molar-refractivity contribution in [1.29, 1.82) is 0 Å². The fourth-order valence-electron chi connectivity index (χ4n) is 0.167. The van der Waals surface area contributed by atoms with E-state index in [1.165, 1.54) is 0 Å². The highest BCUT2D eigenvalue weighted by molar-refractivity contribution is 3.97. The van der Waals surface area contributed by atoms with Crippen LogP contribution < -0.4 is 0 Å². The molecule has 0 saturated carbocycles. The summed E-state index contributed by atoms with van der Waals surface area (Å²) < 4.78 is 0. The van der Waals surface area contributed by atoms with E-state index in [4.69, 9.17) is 5.26 Å². The molecule has 0 aliphatic rings. The minimum absolute atomic E-state index is 0.375. The van der Waals surface area contributed by atoms with Gasteiger partial charge in [-0.1, -0.05) is 0 Å². The van der Waals surface area contributed by atoms with Gasteiger partial charge in [-0.25, -0.2) is 14.7 Å². The highest BCUT2D eigenvalue weighted by Crippen LogP contribution is 1.72. The predicted molar refractivity (Wildman–Crippen MR) is 37.5 cm³/mol. The minimum Gasteiger partial charge on any atom is -0.252 e. The van der Waals surface area contributed by atoms with E-state index in [2.05, 4.69) is 14.7 Å². The Hall–Kier alpha value is -0.160. The molecule has 0 heterocycles. The van der Waals surface area contributed by atoms with Crippen molar-refractivity contribution >= 4 is 0 Å². The lowest BCUT2D eigenvalue weighted by molar-refractivity contribution is -0.287. The molecule has 0 rings (SSSR count). The summed E-state index contributed by atoms with van der Waals surface area (Å²) in [6.45, 7) is 7.12. The van der Waals surface area contributed by atoms with Gasteiger partial charge in [-0.15, -0.1) is 0 Å². The lowest BCUT2D eigenvalue weighted by Crippen LogP contribution is -1.90. The Kier molecular flexibility index (Phi) is 19.9. The molecule has 1 N–H and O–H groups in total. The standard InChI is InChI=1S/C4H10O2.C2H6O2/c1-3-5-6-4-2;1-2-4-3/h3-4H2,1-2H3;3H,2H2,1H3. The van der Waals surface area contributed by atoms with Crippen molar-refractivity contribution in [2.45, 2.75) is 20.8 Å². The maximum atomic E-state index is 7.38. The predicted octanol–water partition coefficient (Wildman–Crippen LogP) is 1.47. The van der Waals surface area contributed by atoms with E-state index in [0.29, 0.717) is 19.8 Å². The van der Waals surface area contributed by atoms with Crippen molar-refractivity contribution in [2.75, 3.05) is 19.8 Å². The van der Waals surface area contributed by atoms with E-state index in [0.717, 1.165) is 0 Å². The SMILES string of the molecule is CCOO.CCOOCC. The van der Waals surface area contributed by atoms with E-state index in [1.807, 2.05) is 13.8 Å². The highest BCUT2D eigenvalue weighted by Gasteiger charge is 1.71. The van der Waals surface area contributed by atoms with Crippen LogP contribution in [0.3, 0.4) is 0 Å². The largest absolute Gasteiger partial charge is 0.252 e. The van der Waals surface area contributed by atoms with Crippen LogP contribution in [0.4, 0.5) is 0 Å². The van der Waals surface area contributed by atoms with E-state index in [9.17, 15) is 0 Å². The first-order valence-corrected chi connectivity index (χ1v) is 3.34. The quantitative estimate of drug-likeness (QED) is 0.376. The van der Waals surface area contributed by atoms with Crippen molar-refractivity contribution in [3.63, 3.8) is 0 Å². The van der Waals surface area contributed by atoms with Crippen molar-refractivity contribution < 1.29 is 19.9 Å². The summed E-state index contributed by atoms with van der Waals surface area (Å²) >= 11 is 0. The third-order valence-electron chi connectivity index (χ3n) is 0.448. The molecule has 10 heavy (non-hydrogen) atoms. The van der Waals surface area contributed by atoms with E-state index in [-0.39, 0.29) is 0 Å². The average molecular weight is 152 g/mol. The highest BCUT2D eigenvalue weighted by atomic mass is 17.2. The second-order valence-electron chi connectivity index (χ2n) is 1.23. The topological polar surface area (TPSA) is 47.9 Å². The summed E-state index contributed by atoms with van der Waals surface area (Å²) in [7, 11) is 0. The van der Waals surface area contributed by atoms with Crippen LogP contribution in [0.1, 0.15) is 20.8 Å². The molecule has 4 heteroatoms. The van der Waals surface area contributed by atoms with Gasteiger partial charge in [0.1, 0.15) is 0 Å². The Bertz CT molecular complexity index is 34.7. The molecule has 64 valence electrons.